The van der Waals surface area contributed by atoms with Crippen LogP contribution >= 0.6 is 0 Å². The number of sulfonamides is 1. The van der Waals surface area contributed by atoms with Gasteiger partial charge in [-0.3, -0.25) is 0 Å². The Labute approximate surface area is 109 Å². The van der Waals surface area contributed by atoms with Gasteiger partial charge in [0, 0.05) is 6.54 Å². The third kappa shape index (κ3) is 3.74. The summed E-state index contributed by atoms with van der Waals surface area (Å²) in [6.07, 6.45) is 0. The molecule has 2 N–H and O–H groups in total. The maximum absolute atomic E-state index is 13.6. The second kappa shape index (κ2) is 5.77. The zero-order valence-corrected chi connectivity index (χ0v) is 10.7. The number of nitrogens with zero attached hydrogens (tertiary/aromatic N) is 1. The molecule has 102 valence electrons. The van der Waals surface area contributed by atoms with E-state index in [-0.39, 0.29) is 12.1 Å². The molecule has 0 spiro atoms. The molecule has 0 saturated heterocycles. The van der Waals surface area contributed by atoms with Crippen LogP contribution < -0.4 is 4.72 Å². The topological polar surface area (TPSA) is 107 Å². The fourth-order valence-corrected chi connectivity index (χ4v) is 2.40. The van der Waals surface area contributed by atoms with Crippen molar-refractivity contribution < 1.29 is 22.7 Å². The molecule has 0 amide bonds. The van der Waals surface area contributed by atoms with Crippen molar-refractivity contribution in [3.8, 4) is 6.07 Å². The summed E-state index contributed by atoms with van der Waals surface area (Å²) < 4.78 is 39.1. The number of benzene rings is 1. The molecule has 0 aromatic heterocycles. The van der Waals surface area contributed by atoms with E-state index in [9.17, 15) is 17.6 Å². The number of aromatic carboxylic acids is 1. The molecule has 1 aromatic carbocycles. The van der Waals surface area contributed by atoms with Crippen molar-refractivity contribution in [2.75, 3.05) is 6.54 Å². The lowest BCUT2D eigenvalue weighted by Gasteiger charge is -2.08. The summed E-state index contributed by atoms with van der Waals surface area (Å²) in [4.78, 5) is 9.95. The first kappa shape index (κ1) is 15.1. The molecule has 1 rings (SSSR count). The molecule has 0 radical (unpaired) electrons. The summed E-state index contributed by atoms with van der Waals surface area (Å²) in [6.45, 7) is 1.35. The van der Waals surface area contributed by atoms with Crippen molar-refractivity contribution in [2.24, 2.45) is 5.92 Å². The number of rotatable bonds is 5. The smallest absolute Gasteiger partial charge is 0.335 e. The van der Waals surface area contributed by atoms with E-state index < -0.39 is 32.6 Å². The van der Waals surface area contributed by atoms with Gasteiger partial charge in [0.25, 0.3) is 0 Å². The van der Waals surface area contributed by atoms with E-state index in [0.717, 1.165) is 12.1 Å². The predicted octanol–water partition coefficient (Wildman–Crippen LogP) is 0.962. The van der Waals surface area contributed by atoms with Crippen LogP contribution in [0.15, 0.2) is 23.1 Å². The Balaban J connectivity index is 3.03. The van der Waals surface area contributed by atoms with Gasteiger partial charge in [-0.15, -0.1) is 0 Å². The summed E-state index contributed by atoms with van der Waals surface area (Å²) in [7, 11) is -4.11. The Morgan fingerprint density at radius 3 is 2.68 bits per heavy atom. The summed E-state index contributed by atoms with van der Waals surface area (Å²) in [5, 5.41) is 17.2. The lowest BCUT2D eigenvalue weighted by molar-refractivity contribution is 0.0696. The van der Waals surface area contributed by atoms with Crippen molar-refractivity contribution in [3.63, 3.8) is 0 Å². The van der Waals surface area contributed by atoms with Gasteiger partial charge in [-0.25, -0.2) is 22.3 Å². The highest BCUT2D eigenvalue weighted by Gasteiger charge is 2.20. The van der Waals surface area contributed by atoms with Crippen LogP contribution in [0, 0.1) is 23.1 Å². The van der Waals surface area contributed by atoms with E-state index >= 15 is 0 Å². The average molecular weight is 286 g/mol. The van der Waals surface area contributed by atoms with Crippen molar-refractivity contribution in [3.05, 3.63) is 29.6 Å². The van der Waals surface area contributed by atoms with Gasteiger partial charge < -0.3 is 5.11 Å². The van der Waals surface area contributed by atoms with Crippen LogP contribution in [0.25, 0.3) is 0 Å². The molecule has 8 heteroatoms. The molecular formula is C11H11FN2O4S. The lowest BCUT2D eigenvalue weighted by atomic mass is 10.2. The molecule has 0 bridgehead atoms. The Bertz CT molecular complexity index is 637. The van der Waals surface area contributed by atoms with Crippen molar-refractivity contribution in [1.82, 2.24) is 4.72 Å². The van der Waals surface area contributed by atoms with Crippen LogP contribution in [0.2, 0.25) is 0 Å². The van der Waals surface area contributed by atoms with Gasteiger partial charge in [-0.05, 0) is 25.1 Å². The van der Waals surface area contributed by atoms with Crippen LogP contribution in [0.1, 0.15) is 17.3 Å². The van der Waals surface area contributed by atoms with E-state index in [0.29, 0.717) is 6.07 Å². The molecule has 0 fully saturated rings. The second-order valence-corrected chi connectivity index (χ2v) is 5.57. The van der Waals surface area contributed by atoms with Crippen molar-refractivity contribution >= 4 is 16.0 Å². The molecule has 6 nitrogen and oxygen atoms in total. The molecule has 1 aromatic rings. The molecule has 1 unspecified atom stereocenters. The van der Waals surface area contributed by atoms with E-state index in [4.69, 9.17) is 10.4 Å². The van der Waals surface area contributed by atoms with E-state index in [2.05, 4.69) is 4.72 Å². The molecule has 1 atom stereocenters. The Hall–Kier alpha value is -1.98. The Morgan fingerprint density at radius 1 is 1.58 bits per heavy atom. The zero-order valence-electron chi connectivity index (χ0n) is 9.92. The zero-order chi connectivity index (χ0) is 14.6. The third-order valence-electron chi connectivity index (χ3n) is 2.27. The fraction of sp³-hybridized carbons (Fsp3) is 0.273. The van der Waals surface area contributed by atoms with Crippen molar-refractivity contribution in [2.45, 2.75) is 11.8 Å². The standard InChI is InChI=1S/C11H11FN2O4S/c1-7(5-13)6-14-19(17,18)10-3-2-8(11(15)16)4-9(10)12/h2-4,7,14H,6H2,1H3,(H,15,16). The maximum atomic E-state index is 13.6. The molecule has 0 aliphatic heterocycles. The molecule has 0 aliphatic rings. The van der Waals surface area contributed by atoms with Gasteiger partial charge in [0.15, 0.2) is 0 Å². The summed E-state index contributed by atoms with van der Waals surface area (Å²) >= 11 is 0. The molecule has 19 heavy (non-hydrogen) atoms. The number of nitriles is 1. The molecular weight excluding hydrogens is 275 g/mol. The predicted molar refractivity (Wildman–Crippen MR) is 63.3 cm³/mol. The quantitative estimate of drug-likeness (QED) is 0.838. The number of carboxylic acid groups (broad SMARTS) is 1. The second-order valence-electron chi connectivity index (χ2n) is 3.83. The van der Waals surface area contributed by atoms with Gasteiger partial charge in [-0.2, -0.15) is 5.26 Å². The number of carboxylic acids is 1. The van der Waals surface area contributed by atoms with Crippen LogP contribution in [0.3, 0.4) is 0 Å². The van der Waals surface area contributed by atoms with Gasteiger partial charge in [0.1, 0.15) is 10.7 Å². The fourth-order valence-electron chi connectivity index (χ4n) is 1.21. The number of hydrogen-bond donors (Lipinski definition) is 2. The van der Waals surface area contributed by atoms with Gasteiger partial charge in [0.2, 0.25) is 10.0 Å². The largest absolute Gasteiger partial charge is 0.478 e. The van der Waals surface area contributed by atoms with Crippen LogP contribution in [0.5, 0.6) is 0 Å². The summed E-state index contributed by atoms with van der Waals surface area (Å²) in [6, 6.07) is 4.33. The first-order chi connectivity index (χ1) is 8.77. The van der Waals surface area contributed by atoms with Gasteiger partial charge >= 0.3 is 5.97 Å². The van der Waals surface area contributed by atoms with Crippen LogP contribution in [0.4, 0.5) is 4.39 Å². The minimum absolute atomic E-state index is 0.154. The first-order valence-electron chi connectivity index (χ1n) is 5.20. The normalized spacial score (nSPS) is 12.7. The van der Waals surface area contributed by atoms with Gasteiger partial charge in [0.05, 0.1) is 17.6 Å². The van der Waals surface area contributed by atoms with E-state index in [1.165, 1.54) is 6.92 Å². The molecule has 0 saturated carbocycles. The first-order valence-corrected chi connectivity index (χ1v) is 6.68. The monoisotopic (exact) mass is 286 g/mol. The highest BCUT2D eigenvalue weighted by atomic mass is 32.2. The maximum Gasteiger partial charge on any atom is 0.335 e. The molecule has 0 aliphatic carbocycles. The summed E-state index contributed by atoms with van der Waals surface area (Å²) in [5.74, 6) is -3.07. The number of halogens is 1. The Morgan fingerprint density at radius 2 is 2.21 bits per heavy atom. The van der Waals surface area contributed by atoms with E-state index in [1.807, 2.05) is 6.07 Å². The van der Waals surface area contributed by atoms with Crippen molar-refractivity contribution in [1.29, 1.82) is 5.26 Å². The molecule has 0 heterocycles. The minimum Gasteiger partial charge on any atom is -0.478 e. The average Bonchev–Trinajstić information content (AvgIpc) is 2.35. The third-order valence-corrected chi connectivity index (χ3v) is 3.73. The highest BCUT2D eigenvalue weighted by Crippen LogP contribution is 2.16. The van der Waals surface area contributed by atoms with Crippen LogP contribution in [-0.2, 0) is 10.0 Å². The van der Waals surface area contributed by atoms with E-state index in [1.54, 1.807) is 0 Å². The minimum atomic E-state index is -4.11. The summed E-state index contributed by atoms with van der Waals surface area (Å²) in [5.41, 5.74) is -0.346. The highest BCUT2D eigenvalue weighted by molar-refractivity contribution is 7.89. The van der Waals surface area contributed by atoms with Gasteiger partial charge in [-0.1, -0.05) is 0 Å². The number of carbonyl (C=O) groups is 1. The Kier molecular flexibility index (Phi) is 4.58. The number of nitrogens with one attached hydrogen (secondary N) is 1. The SMILES string of the molecule is CC(C#N)CNS(=O)(=O)c1ccc(C(=O)O)cc1F. The van der Waals surface area contributed by atoms with Crippen LogP contribution in [-0.4, -0.2) is 26.0 Å². The lowest BCUT2D eigenvalue weighted by Crippen LogP contribution is -2.28. The number of hydrogen-bond acceptors (Lipinski definition) is 4.